The van der Waals surface area contributed by atoms with Gasteiger partial charge in [-0.15, -0.1) is 11.3 Å². The first-order valence-electron chi connectivity index (χ1n) is 12.6. The van der Waals surface area contributed by atoms with Crippen LogP contribution in [0.5, 0.6) is 5.75 Å². The van der Waals surface area contributed by atoms with Crippen molar-refractivity contribution in [2.24, 2.45) is 0 Å². The number of ether oxygens (including phenoxy) is 2. The summed E-state index contributed by atoms with van der Waals surface area (Å²) < 4.78 is 10.9. The van der Waals surface area contributed by atoms with Crippen LogP contribution in [-0.4, -0.2) is 37.0 Å². The summed E-state index contributed by atoms with van der Waals surface area (Å²) in [6.45, 7) is 3.72. The van der Waals surface area contributed by atoms with Crippen LogP contribution in [0.3, 0.4) is 0 Å². The molecule has 2 amide bonds. The topological polar surface area (TPSA) is 93.7 Å². The van der Waals surface area contributed by atoms with Gasteiger partial charge in [-0.05, 0) is 56.5 Å². The maximum Gasteiger partial charge on any atom is 0.341 e. The van der Waals surface area contributed by atoms with E-state index in [1.54, 1.807) is 31.2 Å². The lowest BCUT2D eigenvalue weighted by atomic mass is 9.95. The molecule has 37 heavy (non-hydrogen) atoms. The van der Waals surface area contributed by atoms with Crippen LogP contribution in [0, 0.1) is 6.92 Å². The minimum Gasteiger partial charge on any atom is -0.484 e. The Bertz CT molecular complexity index is 1230. The van der Waals surface area contributed by atoms with E-state index in [1.165, 1.54) is 17.8 Å². The summed E-state index contributed by atoms with van der Waals surface area (Å²) in [5.74, 6) is -0.508. The van der Waals surface area contributed by atoms with Crippen molar-refractivity contribution in [3.8, 4) is 16.9 Å². The van der Waals surface area contributed by atoms with Crippen LogP contribution in [-0.2, 0) is 9.53 Å². The summed E-state index contributed by atoms with van der Waals surface area (Å²) in [7, 11) is 0. The van der Waals surface area contributed by atoms with Crippen molar-refractivity contribution in [1.82, 2.24) is 5.32 Å². The molecule has 7 nitrogen and oxygen atoms in total. The smallest absolute Gasteiger partial charge is 0.341 e. The first kappa shape index (κ1) is 26.4. The number of carbonyl (C=O) groups excluding carboxylic acids is 3. The molecule has 1 heterocycles. The normalized spacial score (nSPS) is 13.6. The highest BCUT2D eigenvalue weighted by Gasteiger charge is 2.23. The molecular formula is C29H32N2O5S. The second-order valence-electron chi connectivity index (χ2n) is 9.11. The Hall–Kier alpha value is -3.65. The average Bonchev–Trinajstić information content (AvgIpc) is 3.32. The number of thiophene rings is 1. The van der Waals surface area contributed by atoms with Gasteiger partial charge < -0.3 is 20.1 Å². The standard InChI is InChI=1S/C29H32N2O5S/c1-3-35-29(34)26-24(20-11-9-19(2)10-12-20)18-37-28(26)31-25(32)17-36-23-15-13-21(14-16-23)27(33)30-22-7-5-4-6-8-22/h9-16,18,22H,3-8,17H2,1-2H3,(H,30,33)(H,31,32). The Kier molecular flexibility index (Phi) is 8.95. The summed E-state index contributed by atoms with van der Waals surface area (Å²) in [6.07, 6.45) is 5.59. The monoisotopic (exact) mass is 520 g/mol. The Labute approximate surface area is 221 Å². The van der Waals surface area contributed by atoms with Crippen molar-refractivity contribution < 1.29 is 23.9 Å². The number of carbonyl (C=O) groups is 3. The molecule has 0 saturated heterocycles. The predicted octanol–water partition coefficient (Wildman–Crippen LogP) is 5.98. The van der Waals surface area contributed by atoms with Gasteiger partial charge in [0.2, 0.25) is 0 Å². The second-order valence-corrected chi connectivity index (χ2v) is 9.99. The largest absolute Gasteiger partial charge is 0.484 e. The molecular weight excluding hydrogens is 488 g/mol. The van der Waals surface area contributed by atoms with E-state index >= 15 is 0 Å². The molecule has 2 N–H and O–H groups in total. The van der Waals surface area contributed by atoms with Gasteiger partial charge in [-0.2, -0.15) is 0 Å². The first-order valence-corrected chi connectivity index (χ1v) is 13.5. The molecule has 4 rings (SSSR count). The third-order valence-corrected chi connectivity index (χ3v) is 7.21. The number of rotatable bonds is 9. The van der Waals surface area contributed by atoms with Gasteiger partial charge >= 0.3 is 5.97 Å². The molecule has 2 aromatic carbocycles. The number of hydrogen-bond acceptors (Lipinski definition) is 6. The molecule has 8 heteroatoms. The molecule has 0 radical (unpaired) electrons. The summed E-state index contributed by atoms with van der Waals surface area (Å²) in [5, 5.41) is 8.13. The lowest BCUT2D eigenvalue weighted by Crippen LogP contribution is -2.36. The molecule has 0 spiro atoms. The van der Waals surface area contributed by atoms with Gasteiger partial charge in [0, 0.05) is 22.5 Å². The van der Waals surface area contributed by atoms with Crippen LogP contribution in [0.15, 0.2) is 53.9 Å². The Morgan fingerprint density at radius 3 is 2.35 bits per heavy atom. The van der Waals surface area contributed by atoms with Crippen LogP contribution in [0.25, 0.3) is 11.1 Å². The van der Waals surface area contributed by atoms with Crippen molar-refractivity contribution in [2.45, 2.75) is 52.0 Å². The number of hydrogen-bond donors (Lipinski definition) is 2. The predicted molar refractivity (Wildman–Crippen MR) is 145 cm³/mol. The molecule has 1 aromatic heterocycles. The Morgan fingerprint density at radius 1 is 0.973 bits per heavy atom. The van der Waals surface area contributed by atoms with Gasteiger partial charge in [0.25, 0.3) is 11.8 Å². The van der Waals surface area contributed by atoms with Gasteiger partial charge in [0.1, 0.15) is 16.3 Å². The lowest BCUT2D eigenvalue weighted by molar-refractivity contribution is -0.118. The van der Waals surface area contributed by atoms with Crippen LogP contribution < -0.4 is 15.4 Å². The third-order valence-electron chi connectivity index (χ3n) is 6.31. The van der Waals surface area contributed by atoms with Crippen LogP contribution >= 0.6 is 11.3 Å². The number of benzene rings is 2. The molecule has 3 aromatic rings. The molecule has 0 atom stereocenters. The molecule has 1 aliphatic carbocycles. The summed E-state index contributed by atoms with van der Waals surface area (Å²) >= 11 is 1.27. The summed E-state index contributed by atoms with van der Waals surface area (Å²) in [4.78, 5) is 37.9. The van der Waals surface area contributed by atoms with Gasteiger partial charge in [-0.1, -0.05) is 49.1 Å². The van der Waals surface area contributed by atoms with Crippen molar-refractivity contribution in [3.63, 3.8) is 0 Å². The fourth-order valence-corrected chi connectivity index (χ4v) is 5.30. The summed E-state index contributed by atoms with van der Waals surface area (Å²) in [5.41, 5.74) is 3.58. The zero-order valence-electron chi connectivity index (χ0n) is 21.2. The molecule has 1 fully saturated rings. The highest BCUT2D eigenvalue weighted by atomic mass is 32.1. The SMILES string of the molecule is CCOC(=O)c1c(-c2ccc(C)cc2)csc1NC(=O)COc1ccc(C(=O)NC2CCCCC2)cc1. The molecule has 1 aliphatic rings. The van der Waals surface area contributed by atoms with Crippen molar-refractivity contribution >= 4 is 34.1 Å². The van der Waals surface area contributed by atoms with E-state index < -0.39 is 11.9 Å². The highest BCUT2D eigenvalue weighted by molar-refractivity contribution is 7.15. The first-order chi connectivity index (χ1) is 17.9. The quantitative estimate of drug-likeness (QED) is 0.339. The van der Waals surface area contributed by atoms with Crippen LogP contribution in [0.2, 0.25) is 0 Å². The lowest BCUT2D eigenvalue weighted by Gasteiger charge is -2.22. The Morgan fingerprint density at radius 2 is 1.68 bits per heavy atom. The number of esters is 1. The maximum absolute atomic E-state index is 12.7. The van der Waals surface area contributed by atoms with Crippen LogP contribution in [0.1, 0.15) is 65.3 Å². The van der Waals surface area contributed by atoms with Crippen molar-refractivity contribution in [3.05, 3.63) is 70.6 Å². The van der Waals surface area contributed by atoms with E-state index in [-0.39, 0.29) is 25.2 Å². The molecule has 1 saturated carbocycles. The number of amides is 2. The molecule has 0 unspecified atom stereocenters. The van der Waals surface area contributed by atoms with E-state index in [2.05, 4.69) is 10.6 Å². The zero-order valence-corrected chi connectivity index (χ0v) is 22.0. The van der Waals surface area contributed by atoms with E-state index in [9.17, 15) is 14.4 Å². The minimum absolute atomic E-state index is 0.0928. The fraction of sp³-hybridized carbons (Fsp3) is 0.345. The molecule has 0 bridgehead atoms. The third kappa shape index (κ3) is 6.98. The number of anilines is 1. The Balaban J connectivity index is 1.37. The number of aryl methyl sites for hydroxylation is 1. The molecule has 0 aliphatic heterocycles. The fourth-order valence-electron chi connectivity index (χ4n) is 4.33. The van der Waals surface area contributed by atoms with Crippen molar-refractivity contribution in [2.75, 3.05) is 18.5 Å². The van der Waals surface area contributed by atoms with Gasteiger partial charge in [-0.3, -0.25) is 9.59 Å². The van der Waals surface area contributed by atoms with Gasteiger partial charge in [0.05, 0.1) is 6.61 Å². The molecule has 194 valence electrons. The van der Waals surface area contributed by atoms with Crippen LogP contribution in [0.4, 0.5) is 5.00 Å². The minimum atomic E-state index is -0.488. The zero-order chi connectivity index (χ0) is 26.2. The van der Waals surface area contributed by atoms with E-state index in [0.717, 1.165) is 36.8 Å². The number of nitrogens with one attached hydrogen (secondary N) is 2. The van der Waals surface area contributed by atoms with Gasteiger partial charge in [-0.25, -0.2) is 4.79 Å². The van der Waals surface area contributed by atoms with E-state index in [4.69, 9.17) is 9.47 Å². The maximum atomic E-state index is 12.7. The summed E-state index contributed by atoms with van der Waals surface area (Å²) in [6, 6.07) is 14.8. The second kappa shape index (κ2) is 12.5. The van der Waals surface area contributed by atoms with Crippen molar-refractivity contribution in [1.29, 1.82) is 0 Å². The van der Waals surface area contributed by atoms with E-state index in [1.807, 2.05) is 36.6 Å². The highest BCUT2D eigenvalue weighted by Crippen LogP contribution is 2.36. The van der Waals surface area contributed by atoms with Gasteiger partial charge in [0.15, 0.2) is 6.61 Å². The average molecular weight is 521 g/mol. The van der Waals surface area contributed by atoms with E-state index in [0.29, 0.717) is 27.4 Å².